The summed E-state index contributed by atoms with van der Waals surface area (Å²) in [6, 6.07) is 2.39. The topological polar surface area (TPSA) is 46.2 Å². The van der Waals surface area contributed by atoms with E-state index < -0.39 is 23.2 Å². The lowest BCUT2D eigenvalue weighted by molar-refractivity contribution is -0.140. The van der Waals surface area contributed by atoms with Crippen LogP contribution in [0.1, 0.15) is 30.9 Å². The van der Waals surface area contributed by atoms with E-state index in [1.807, 2.05) is 0 Å². The molecule has 0 aliphatic rings. The monoisotopic (exact) mass is 265 g/mol. The van der Waals surface area contributed by atoms with Gasteiger partial charge in [0.05, 0.1) is 5.56 Å². The third kappa shape index (κ3) is 3.00. The number of alkyl halides is 3. The van der Waals surface area contributed by atoms with Gasteiger partial charge < -0.3 is 10.8 Å². The van der Waals surface area contributed by atoms with Crippen molar-refractivity contribution in [3.63, 3.8) is 0 Å². The quantitative estimate of drug-likeness (QED) is 0.822. The second-order valence-corrected chi connectivity index (χ2v) is 4.18. The predicted octanol–water partition coefficient (Wildman–Crippen LogP) is 2.79. The van der Waals surface area contributed by atoms with E-state index in [9.17, 15) is 22.7 Å². The molecular formula is C12H15F4NO. The molecule has 0 spiro atoms. The van der Waals surface area contributed by atoms with Gasteiger partial charge in [-0.1, -0.05) is 19.4 Å². The van der Waals surface area contributed by atoms with Gasteiger partial charge in [-0.05, 0) is 24.1 Å². The summed E-state index contributed by atoms with van der Waals surface area (Å²) in [7, 11) is 0. The summed E-state index contributed by atoms with van der Waals surface area (Å²) in [5.41, 5.74) is 2.64. The molecule has 0 saturated carbocycles. The van der Waals surface area contributed by atoms with Crippen molar-refractivity contribution in [2.45, 2.75) is 31.5 Å². The Bertz CT molecular complexity index is 419. The Morgan fingerprint density at radius 2 is 1.89 bits per heavy atom. The van der Waals surface area contributed by atoms with E-state index in [1.54, 1.807) is 6.92 Å². The average Bonchev–Trinajstić information content (AvgIpc) is 2.27. The van der Waals surface area contributed by atoms with Crippen LogP contribution in [0, 0.1) is 5.82 Å². The second-order valence-electron chi connectivity index (χ2n) is 4.18. The van der Waals surface area contributed by atoms with E-state index in [4.69, 9.17) is 5.73 Å². The lowest BCUT2D eigenvalue weighted by atomic mass is 9.88. The number of rotatable bonds is 4. The molecule has 0 heterocycles. The van der Waals surface area contributed by atoms with Crippen molar-refractivity contribution in [3.8, 4) is 0 Å². The van der Waals surface area contributed by atoms with E-state index in [0.29, 0.717) is 18.6 Å². The van der Waals surface area contributed by atoms with E-state index in [0.717, 1.165) is 6.07 Å². The van der Waals surface area contributed by atoms with E-state index in [2.05, 4.69) is 0 Å². The molecule has 3 N–H and O–H groups in total. The standard InChI is InChI=1S/C12H15F4NO/c1-2-5-11(18,7-17)8-3-4-9(10(13)6-8)12(14,15)16/h3-4,6,18H,2,5,7,17H2,1H3. The fourth-order valence-electron chi connectivity index (χ4n) is 1.81. The van der Waals surface area contributed by atoms with Crippen molar-refractivity contribution in [2.24, 2.45) is 5.73 Å². The van der Waals surface area contributed by atoms with Crippen molar-refractivity contribution in [3.05, 3.63) is 35.1 Å². The molecule has 0 saturated heterocycles. The summed E-state index contributed by atoms with van der Waals surface area (Å²) >= 11 is 0. The van der Waals surface area contributed by atoms with E-state index in [-0.39, 0.29) is 18.5 Å². The Morgan fingerprint density at radius 1 is 1.28 bits per heavy atom. The number of hydrogen-bond donors (Lipinski definition) is 2. The maximum atomic E-state index is 13.4. The van der Waals surface area contributed by atoms with Crippen LogP contribution in [-0.2, 0) is 11.8 Å². The Kier molecular flexibility index (Phi) is 4.34. The number of hydrogen-bond acceptors (Lipinski definition) is 2. The maximum Gasteiger partial charge on any atom is 0.419 e. The third-order valence-corrected chi connectivity index (χ3v) is 2.81. The van der Waals surface area contributed by atoms with Crippen LogP contribution < -0.4 is 5.73 Å². The highest BCUT2D eigenvalue weighted by atomic mass is 19.4. The van der Waals surface area contributed by atoms with Crippen molar-refractivity contribution in [1.82, 2.24) is 0 Å². The highest BCUT2D eigenvalue weighted by Gasteiger charge is 2.35. The van der Waals surface area contributed by atoms with Crippen molar-refractivity contribution in [1.29, 1.82) is 0 Å². The van der Waals surface area contributed by atoms with E-state index >= 15 is 0 Å². The Balaban J connectivity index is 3.18. The van der Waals surface area contributed by atoms with Gasteiger partial charge in [0.2, 0.25) is 0 Å². The summed E-state index contributed by atoms with van der Waals surface area (Å²) in [5, 5.41) is 10.1. The van der Waals surface area contributed by atoms with Gasteiger partial charge in [-0.2, -0.15) is 13.2 Å². The Hall–Kier alpha value is -1.14. The van der Waals surface area contributed by atoms with Crippen LogP contribution in [0.3, 0.4) is 0 Å². The average molecular weight is 265 g/mol. The van der Waals surface area contributed by atoms with Gasteiger partial charge in [0, 0.05) is 6.54 Å². The fraction of sp³-hybridized carbons (Fsp3) is 0.500. The molecule has 102 valence electrons. The van der Waals surface area contributed by atoms with Crippen LogP contribution in [0.15, 0.2) is 18.2 Å². The smallest absolute Gasteiger partial charge is 0.384 e. The largest absolute Gasteiger partial charge is 0.419 e. The first-order valence-corrected chi connectivity index (χ1v) is 5.54. The van der Waals surface area contributed by atoms with Crippen molar-refractivity contribution < 1.29 is 22.7 Å². The first-order chi connectivity index (χ1) is 8.24. The molecule has 18 heavy (non-hydrogen) atoms. The van der Waals surface area contributed by atoms with Gasteiger partial charge in [0.15, 0.2) is 0 Å². The third-order valence-electron chi connectivity index (χ3n) is 2.81. The summed E-state index contributed by atoms with van der Waals surface area (Å²) in [6.45, 7) is 1.62. The zero-order valence-electron chi connectivity index (χ0n) is 9.89. The van der Waals surface area contributed by atoms with Crippen molar-refractivity contribution >= 4 is 0 Å². The van der Waals surface area contributed by atoms with Crippen LogP contribution in [0.5, 0.6) is 0 Å². The highest BCUT2D eigenvalue weighted by molar-refractivity contribution is 5.30. The molecule has 1 aromatic rings. The van der Waals surface area contributed by atoms with Gasteiger partial charge in [-0.15, -0.1) is 0 Å². The first kappa shape index (κ1) is 14.9. The van der Waals surface area contributed by atoms with Crippen molar-refractivity contribution in [2.75, 3.05) is 6.54 Å². The summed E-state index contributed by atoms with van der Waals surface area (Å²) in [6.07, 6.45) is -3.90. The van der Waals surface area contributed by atoms with Gasteiger partial charge in [-0.25, -0.2) is 4.39 Å². The van der Waals surface area contributed by atoms with Crippen LogP contribution >= 0.6 is 0 Å². The zero-order valence-corrected chi connectivity index (χ0v) is 9.89. The van der Waals surface area contributed by atoms with Gasteiger partial charge in [0.25, 0.3) is 0 Å². The minimum Gasteiger partial charge on any atom is -0.384 e. The molecule has 0 radical (unpaired) electrons. The minimum atomic E-state index is -4.74. The lowest BCUT2D eigenvalue weighted by Gasteiger charge is -2.27. The molecular weight excluding hydrogens is 250 g/mol. The van der Waals surface area contributed by atoms with Gasteiger partial charge in [0.1, 0.15) is 11.4 Å². The van der Waals surface area contributed by atoms with Gasteiger partial charge in [-0.3, -0.25) is 0 Å². The molecule has 0 amide bonds. The van der Waals surface area contributed by atoms with Crippen LogP contribution in [0.2, 0.25) is 0 Å². The number of halogens is 4. The van der Waals surface area contributed by atoms with Crippen LogP contribution in [0.4, 0.5) is 17.6 Å². The molecule has 2 nitrogen and oxygen atoms in total. The fourth-order valence-corrected chi connectivity index (χ4v) is 1.81. The van der Waals surface area contributed by atoms with Crippen LogP contribution in [0.25, 0.3) is 0 Å². The molecule has 0 aromatic heterocycles. The number of aliphatic hydroxyl groups is 1. The minimum absolute atomic E-state index is 0.0670. The highest BCUT2D eigenvalue weighted by Crippen LogP contribution is 2.34. The molecule has 1 rings (SSSR count). The molecule has 6 heteroatoms. The number of nitrogens with two attached hydrogens (primary N) is 1. The molecule has 1 aromatic carbocycles. The first-order valence-electron chi connectivity index (χ1n) is 5.54. The molecule has 0 aliphatic carbocycles. The maximum absolute atomic E-state index is 13.4. The second kappa shape index (κ2) is 5.24. The normalized spacial score (nSPS) is 15.5. The molecule has 1 unspecified atom stereocenters. The molecule has 1 atom stereocenters. The summed E-state index contributed by atoms with van der Waals surface area (Å²) in [4.78, 5) is 0. The molecule has 0 aliphatic heterocycles. The van der Waals surface area contributed by atoms with Crippen LogP contribution in [-0.4, -0.2) is 11.7 Å². The van der Waals surface area contributed by atoms with E-state index in [1.165, 1.54) is 0 Å². The van der Waals surface area contributed by atoms with Gasteiger partial charge >= 0.3 is 6.18 Å². The number of benzene rings is 1. The molecule has 0 bridgehead atoms. The molecule has 0 fully saturated rings. The summed E-state index contributed by atoms with van der Waals surface area (Å²) in [5.74, 6) is -1.40. The summed E-state index contributed by atoms with van der Waals surface area (Å²) < 4.78 is 50.5. The predicted molar refractivity (Wildman–Crippen MR) is 59.3 cm³/mol. The zero-order chi connectivity index (χ0) is 14.0. The Morgan fingerprint density at radius 3 is 2.28 bits per heavy atom. The lowest BCUT2D eigenvalue weighted by Crippen LogP contribution is -2.35. The Labute approximate surface area is 102 Å². The SMILES string of the molecule is CCCC(O)(CN)c1ccc(C(F)(F)F)c(F)c1.